The predicted molar refractivity (Wildman–Crippen MR) is 165 cm³/mol. The van der Waals surface area contributed by atoms with Gasteiger partial charge < -0.3 is 15.2 Å². The first-order chi connectivity index (χ1) is 19.1. The molecule has 40 heavy (non-hydrogen) atoms. The number of anilines is 1. The van der Waals surface area contributed by atoms with Crippen molar-refractivity contribution in [1.82, 2.24) is 15.2 Å². The molecule has 3 N–H and O–H groups in total. The fraction of sp³-hybridized carbons (Fsp3) is 0.433. The number of amides is 1. The Hall–Kier alpha value is -2.52. The van der Waals surface area contributed by atoms with Crippen LogP contribution in [0.25, 0.3) is 17.0 Å². The molecule has 2 aliphatic rings. The predicted octanol–water partition coefficient (Wildman–Crippen LogP) is 6.41. The molecular formula is C30H36Cl2N4O3S. The summed E-state index contributed by atoms with van der Waals surface area (Å²) in [7, 11) is -3.31. The Balaban J connectivity index is 1.06. The Kier molecular flexibility index (Phi) is 9.10. The molecule has 1 amide bonds. The van der Waals surface area contributed by atoms with Gasteiger partial charge in [0.15, 0.2) is 0 Å². The summed E-state index contributed by atoms with van der Waals surface area (Å²) in [5.74, 6) is 1.05. The Labute approximate surface area is 246 Å². The normalized spacial score (nSPS) is 21.2. The molecule has 1 saturated carbocycles. The lowest BCUT2D eigenvalue weighted by atomic mass is 9.84. The number of likely N-dealkylation sites (tertiary alicyclic amines) is 1. The average Bonchev–Trinajstić information content (AvgIpc) is 3.33. The molecule has 1 saturated heterocycles. The van der Waals surface area contributed by atoms with Gasteiger partial charge in [-0.2, -0.15) is 0 Å². The van der Waals surface area contributed by atoms with E-state index in [2.05, 4.69) is 26.1 Å². The Bertz CT molecular complexity index is 1490. The van der Waals surface area contributed by atoms with Gasteiger partial charge in [-0.15, -0.1) is 0 Å². The van der Waals surface area contributed by atoms with Gasteiger partial charge in [0, 0.05) is 41.4 Å². The van der Waals surface area contributed by atoms with Crippen molar-refractivity contribution in [2.45, 2.75) is 50.5 Å². The number of sulfonamides is 1. The fourth-order valence-corrected chi connectivity index (χ4v) is 6.94. The first-order valence-electron chi connectivity index (χ1n) is 13.9. The van der Waals surface area contributed by atoms with Crippen molar-refractivity contribution < 1.29 is 13.2 Å². The molecule has 1 aliphatic carbocycles. The highest BCUT2D eigenvalue weighted by atomic mass is 35.5. The van der Waals surface area contributed by atoms with Crippen molar-refractivity contribution in [2.24, 2.45) is 5.92 Å². The number of hydrogen-bond acceptors (Lipinski definition) is 4. The summed E-state index contributed by atoms with van der Waals surface area (Å²) >= 11 is 12.0. The van der Waals surface area contributed by atoms with Crippen molar-refractivity contribution in [2.75, 3.05) is 30.6 Å². The molecule has 7 nitrogen and oxygen atoms in total. The number of rotatable bonds is 8. The van der Waals surface area contributed by atoms with Crippen LogP contribution in [0, 0.1) is 5.92 Å². The van der Waals surface area contributed by atoms with Gasteiger partial charge in [-0.3, -0.25) is 9.52 Å². The molecule has 0 radical (unpaired) electrons. The minimum atomic E-state index is -3.31. The number of fused-ring (bicyclic) bond motifs is 1. The van der Waals surface area contributed by atoms with Crippen molar-refractivity contribution in [3.63, 3.8) is 0 Å². The molecule has 10 heteroatoms. The molecule has 0 atom stereocenters. The summed E-state index contributed by atoms with van der Waals surface area (Å²) in [5, 5.41) is 5.22. The number of carbonyl (C=O) groups excluding carboxylic acids is 1. The van der Waals surface area contributed by atoms with Gasteiger partial charge in [0.2, 0.25) is 15.9 Å². The average molecular weight is 604 g/mol. The number of carbonyl (C=O) groups is 1. The van der Waals surface area contributed by atoms with Crippen LogP contribution in [-0.4, -0.2) is 56.1 Å². The number of aromatic nitrogens is 1. The standard InChI is InChI=1S/C30H36Cl2N4O3S/c1-40(38,39)35-24-8-10-29-25(17-24)26(18-33-29)22-12-14-36(15-13-22)19-21-2-6-23(7-3-21)34-30(37)11-5-20-4-9-27(31)28(32)16-20/h4-5,8-11,16-18,21-23,33,35H,2-3,6-7,12-15,19H2,1H3,(H,34,37)/b11-5+. The number of benzene rings is 2. The van der Waals surface area contributed by atoms with E-state index in [0.29, 0.717) is 27.6 Å². The van der Waals surface area contributed by atoms with Crippen LogP contribution in [0.1, 0.15) is 55.6 Å². The number of aromatic amines is 1. The van der Waals surface area contributed by atoms with Crippen LogP contribution in [0.2, 0.25) is 10.0 Å². The Morgan fingerprint density at radius 2 is 1.77 bits per heavy atom. The zero-order valence-electron chi connectivity index (χ0n) is 22.6. The molecule has 1 aromatic heterocycles. The van der Waals surface area contributed by atoms with E-state index in [0.717, 1.165) is 74.6 Å². The lowest BCUT2D eigenvalue weighted by Crippen LogP contribution is -2.41. The molecule has 0 bridgehead atoms. The van der Waals surface area contributed by atoms with E-state index in [9.17, 15) is 13.2 Å². The van der Waals surface area contributed by atoms with Gasteiger partial charge in [0.25, 0.3) is 0 Å². The van der Waals surface area contributed by atoms with Crippen LogP contribution in [0.5, 0.6) is 0 Å². The SMILES string of the molecule is CS(=O)(=O)Nc1ccc2[nH]cc(C3CCN(CC4CCC(NC(=O)/C=C/c5ccc(Cl)c(Cl)c5)CC4)CC3)c2c1. The maximum absolute atomic E-state index is 12.4. The smallest absolute Gasteiger partial charge is 0.244 e. The summed E-state index contributed by atoms with van der Waals surface area (Å²) in [5.41, 5.74) is 3.75. The second-order valence-electron chi connectivity index (χ2n) is 11.2. The Morgan fingerprint density at radius 1 is 1.02 bits per heavy atom. The third kappa shape index (κ3) is 7.60. The van der Waals surface area contributed by atoms with Crippen LogP contribution >= 0.6 is 23.2 Å². The van der Waals surface area contributed by atoms with E-state index >= 15 is 0 Å². The minimum absolute atomic E-state index is 0.0758. The first-order valence-corrected chi connectivity index (χ1v) is 16.5. The van der Waals surface area contributed by atoms with Crippen molar-refractivity contribution >= 4 is 61.8 Å². The molecule has 5 rings (SSSR count). The molecule has 0 unspecified atom stereocenters. The van der Waals surface area contributed by atoms with E-state index in [1.165, 1.54) is 11.8 Å². The van der Waals surface area contributed by atoms with Crippen LogP contribution in [0.4, 0.5) is 5.69 Å². The van der Waals surface area contributed by atoms with Crippen LogP contribution in [0.3, 0.4) is 0 Å². The zero-order chi connectivity index (χ0) is 28.3. The highest BCUT2D eigenvalue weighted by Gasteiger charge is 2.27. The third-order valence-electron chi connectivity index (χ3n) is 8.12. The fourth-order valence-electron chi connectivity index (χ4n) is 6.08. The van der Waals surface area contributed by atoms with E-state index in [-0.39, 0.29) is 11.9 Å². The molecule has 2 fully saturated rings. The maximum atomic E-state index is 12.4. The lowest BCUT2D eigenvalue weighted by Gasteiger charge is -2.36. The highest BCUT2D eigenvalue weighted by Crippen LogP contribution is 2.35. The quantitative estimate of drug-likeness (QED) is 0.259. The first kappa shape index (κ1) is 29.0. The van der Waals surface area contributed by atoms with E-state index in [4.69, 9.17) is 23.2 Å². The van der Waals surface area contributed by atoms with Crippen molar-refractivity contribution in [1.29, 1.82) is 0 Å². The molecule has 1 aliphatic heterocycles. The Morgan fingerprint density at radius 3 is 2.48 bits per heavy atom. The number of hydrogen-bond donors (Lipinski definition) is 3. The van der Waals surface area contributed by atoms with Gasteiger partial charge in [-0.1, -0.05) is 29.3 Å². The summed E-state index contributed by atoms with van der Waals surface area (Å²) < 4.78 is 25.9. The van der Waals surface area contributed by atoms with Crippen molar-refractivity contribution in [3.05, 3.63) is 69.8 Å². The summed E-state index contributed by atoms with van der Waals surface area (Å²) in [4.78, 5) is 18.4. The van der Waals surface area contributed by atoms with Gasteiger partial charge in [0.1, 0.15) is 0 Å². The largest absolute Gasteiger partial charge is 0.361 e. The number of H-pyrrole nitrogens is 1. The molecular weight excluding hydrogens is 567 g/mol. The number of halogens is 2. The van der Waals surface area contributed by atoms with Crippen LogP contribution in [0.15, 0.2) is 48.7 Å². The van der Waals surface area contributed by atoms with Gasteiger partial charge >= 0.3 is 0 Å². The second-order valence-corrected chi connectivity index (χ2v) is 13.7. The van der Waals surface area contributed by atoms with E-state index in [1.807, 2.05) is 18.2 Å². The van der Waals surface area contributed by atoms with Crippen LogP contribution < -0.4 is 10.0 Å². The van der Waals surface area contributed by atoms with E-state index < -0.39 is 10.0 Å². The molecule has 214 valence electrons. The molecule has 2 aromatic carbocycles. The molecule has 2 heterocycles. The topological polar surface area (TPSA) is 94.3 Å². The van der Waals surface area contributed by atoms with Crippen LogP contribution in [-0.2, 0) is 14.8 Å². The summed E-state index contributed by atoms with van der Waals surface area (Å²) in [6.45, 7) is 3.24. The maximum Gasteiger partial charge on any atom is 0.244 e. The van der Waals surface area contributed by atoms with Gasteiger partial charge in [-0.05, 0) is 111 Å². The number of piperidine rings is 1. The highest BCUT2D eigenvalue weighted by molar-refractivity contribution is 7.92. The van der Waals surface area contributed by atoms with Gasteiger partial charge in [0.05, 0.1) is 16.3 Å². The third-order valence-corrected chi connectivity index (χ3v) is 9.47. The second kappa shape index (κ2) is 12.6. The number of nitrogens with one attached hydrogen (secondary N) is 3. The molecule has 3 aromatic rings. The summed E-state index contributed by atoms with van der Waals surface area (Å²) in [6.07, 6.45) is 13.0. The lowest BCUT2D eigenvalue weighted by molar-refractivity contribution is -0.117. The van der Waals surface area contributed by atoms with Crippen molar-refractivity contribution in [3.8, 4) is 0 Å². The molecule has 0 spiro atoms. The number of nitrogens with zero attached hydrogens (tertiary/aromatic N) is 1. The zero-order valence-corrected chi connectivity index (χ0v) is 25.0. The monoisotopic (exact) mass is 602 g/mol. The van der Waals surface area contributed by atoms with E-state index in [1.54, 1.807) is 30.4 Å². The minimum Gasteiger partial charge on any atom is -0.361 e. The summed E-state index contributed by atoms with van der Waals surface area (Å²) in [6, 6.07) is 11.2. The van der Waals surface area contributed by atoms with Gasteiger partial charge in [-0.25, -0.2) is 8.42 Å².